The van der Waals surface area contributed by atoms with E-state index < -0.39 is 23.0 Å². The number of esters is 2. The van der Waals surface area contributed by atoms with Crippen molar-refractivity contribution in [1.82, 2.24) is 0 Å². The molecule has 0 saturated heterocycles. The summed E-state index contributed by atoms with van der Waals surface area (Å²) < 4.78 is 9.92. The van der Waals surface area contributed by atoms with Gasteiger partial charge in [0.05, 0.1) is 18.8 Å². The van der Waals surface area contributed by atoms with E-state index in [4.69, 9.17) is 9.47 Å². The third-order valence-electron chi connectivity index (χ3n) is 3.45. The Labute approximate surface area is 115 Å². The van der Waals surface area contributed by atoms with Crippen LogP contribution in [0.4, 0.5) is 0 Å². The fourth-order valence-electron chi connectivity index (χ4n) is 1.97. The maximum atomic E-state index is 12.1. The van der Waals surface area contributed by atoms with E-state index in [-0.39, 0.29) is 19.6 Å². The fourth-order valence-corrected chi connectivity index (χ4v) is 1.97. The van der Waals surface area contributed by atoms with E-state index in [1.54, 1.807) is 13.8 Å². The number of ether oxygens (including phenoxy) is 2. The summed E-state index contributed by atoms with van der Waals surface area (Å²) in [5.74, 6) is -1.29. The van der Waals surface area contributed by atoms with Crippen molar-refractivity contribution in [3.8, 4) is 0 Å². The first-order chi connectivity index (χ1) is 8.79. The van der Waals surface area contributed by atoms with Gasteiger partial charge < -0.3 is 14.6 Å². The van der Waals surface area contributed by atoms with Gasteiger partial charge >= 0.3 is 11.9 Å². The van der Waals surface area contributed by atoms with E-state index in [0.29, 0.717) is 12.8 Å². The molecule has 112 valence electrons. The maximum Gasteiger partial charge on any atom is 0.323 e. The molecule has 0 aliphatic heterocycles. The number of hydrogen-bond donors (Lipinski definition) is 1. The largest absolute Gasteiger partial charge is 0.465 e. The standard InChI is InChI=1S/C14H26O5/c1-6-14(17,7-2)10-13(5,11(15)18-8-3)12(16)19-9-4/h17H,6-10H2,1-5H3. The quantitative estimate of drug-likeness (QED) is 0.542. The summed E-state index contributed by atoms with van der Waals surface area (Å²) in [7, 11) is 0. The molecular weight excluding hydrogens is 248 g/mol. The normalized spacial score (nSPS) is 12.1. The molecule has 0 rings (SSSR count). The number of hydrogen-bond acceptors (Lipinski definition) is 5. The Kier molecular flexibility index (Phi) is 7.05. The van der Waals surface area contributed by atoms with Crippen LogP contribution in [0.5, 0.6) is 0 Å². The summed E-state index contributed by atoms with van der Waals surface area (Å²) in [4.78, 5) is 24.1. The van der Waals surface area contributed by atoms with Crippen molar-refractivity contribution in [2.45, 2.75) is 59.5 Å². The minimum absolute atomic E-state index is 0.00463. The number of rotatable bonds is 8. The fraction of sp³-hybridized carbons (Fsp3) is 0.857. The van der Waals surface area contributed by atoms with Crippen LogP contribution in [0.2, 0.25) is 0 Å². The SMILES string of the molecule is CCOC(=O)C(C)(CC(O)(CC)CC)C(=O)OCC. The number of aliphatic hydroxyl groups is 1. The smallest absolute Gasteiger partial charge is 0.323 e. The van der Waals surface area contributed by atoms with Crippen LogP contribution in [0.15, 0.2) is 0 Å². The molecule has 19 heavy (non-hydrogen) atoms. The highest BCUT2D eigenvalue weighted by atomic mass is 16.6. The summed E-state index contributed by atoms with van der Waals surface area (Å²) in [5, 5.41) is 10.4. The molecule has 1 N–H and O–H groups in total. The summed E-state index contributed by atoms with van der Waals surface area (Å²) >= 11 is 0. The van der Waals surface area contributed by atoms with Gasteiger partial charge in [0.15, 0.2) is 5.41 Å². The average Bonchev–Trinajstić information content (AvgIpc) is 2.38. The molecular formula is C14H26O5. The van der Waals surface area contributed by atoms with E-state index in [2.05, 4.69) is 0 Å². The van der Waals surface area contributed by atoms with Crippen molar-refractivity contribution in [2.24, 2.45) is 5.41 Å². The minimum Gasteiger partial charge on any atom is -0.465 e. The zero-order valence-electron chi connectivity index (χ0n) is 12.6. The van der Waals surface area contributed by atoms with Crippen LogP contribution in [0.25, 0.3) is 0 Å². The topological polar surface area (TPSA) is 72.8 Å². The third-order valence-corrected chi connectivity index (χ3v) is 3.45. The molecule has 0 aromatic carbocycles. The molecule has 0 aliphatic carbocycles. The summed E-state index contributed by atoms with van der Waals surface area (Å²) in [6.45, 7) is 8.83. The Morgan fingerprint density at radius 3 is 1.58 bits per heavy atom. The monoisotopic (exact) mass is 274 g/mol. The highest BCUT2D eigenvalue weighted by Gasteiger charge is 2.49. The second-order valence-electron chi connectivity index (χ2n) is 4.88. The van der Waals surface area contributed by atoms with E-state index in [9.17, 15) is 14.7 Å². The van der Waals surface area contributed by atoms with Crippen LogP contribution in [-0.4, -0.2) is 35.9 Å². The number of carbonyl (C=O) groups excluding carboxylic acids is 2. The van der Waals surface area contributed by atoms with Gasteiger partial charge in [-0.1, -0.05) is 13.8 Å². The van der Waals surface area contributed by atoms with Gasteiger partial charge in [0.1, 0.15) is 0 Å². The van der Waals surface area contributed by atoms with Gasteiger partial charge in [-0.25, -0.2) is 0 Å². The lowest BCUT2D eigenvalue weighted by molar-refractivity contribution is -0.176. The Hall–Kier alpha value is -1.10. The first-order valence-corrected chi connectivity index (χ1v) is 6.86. The van der Waals surface area contributed by atoms with Crippen LogP contribution in [0, 0.1) is 5.41 Å². The lowest BCUT2D eigenvalue weighted by Gasteiger charge is -2.34. The van der Waals surface area contributed by atoms with E-state index in [0.717, 1.165) is 0 Å². The number of carbonyl (C=O) groups is 2. The predicted molar refractivity (Wildman–Crippen MR) is 71.5 cm³/mol. The van der Waals surface area contributed by atoms with Crippen LogP contribution < -0.4 is 0 Å². The summed E-state index contributed by atoms with van der Waals surface area (Å²) in [6.07, 6.45) is 0.917. The molecule has 0 heterocycles. The van der Waals surface area contributed by atoms with Crippen molar-refractivity contribution in [3.63, 3.8) is 0 Å². The second-order valence-corrected chi connectivity index (χ2v) is 4.88. The molecule has 0 fully saturated rings. The van der Waals surface area contributed by atoms with Crippen molar-refractivity contribution < 1.29 is 24.2 Å². The predicted octanol–water partition coefficient (Wildman–Crippen LogP) is 2.06. The lowest BCUT2D eigenvalue weighted by Crippen LogP contribution is -2.46. The molecule has 0 aromatic rings. The summed E-state index contributed by atoms with van der Waals surface area (Å²) in [5.41, 5.74) is -2.54. The Morgan fingerprint density at radius 2 is 1.32 bits per heavy atom. The van der Waals surface area contributed by atoms with Gasteiger partial charge in [0.25, 0.3) is 0 Å². The molecule has 0 aliphatic rings. The van der Waals surface area contributed by atoms with Crippen LogP contribution in [-0.2, 0) is 19.1 Å². The zero-order chi connectivity index (χ0) is 15.1. The average molecular weight is 274 g/mol. The molecule has 0 unspecified atom stereocenters. The first kappa shape index (κ1) is 17.9. The van der Waals surface area contributed by atoms with E-state index in [1.807, 2.05) is 13.8 Å². The molecule has 5 heteroatoms. The van der Waals surface area contributed by atoms with Crippen molar-refractivity contribution in [3.05, 3.63) is 0 Å². The van der Waals surface area contributed by atoms with Crippen molar-refractivity contribution in [2.75, 3.05) is 13.2 Å². The maximum absolute atomic E-state index is 12.1. The highest BCUT2D eigenvalue weighted by molar-refractivity contribution is 5.99. The lowest BCUT2D eigenvalue weighted by atomic mass is 9.76. The molecule has 0 aromatic heterocycles. The molecule has 0 spiro atoms. The van der Waals surface area contributed by atoms with Gasteiger partial charge in [0.2, 0.25) is 0 Å². The Balaban J connectivity index is 5.27. The third kappa shape index (κ3) is 4.49. The summed E-state index contributed by atoms with van der Waals surface area (Å²) in [6, 6.07) is 0. The van der Waals surface area contributed by atoms with E-state index >= 15 is 0 Å². The Bertz CT molecular complexity index is 289. The van der Waals surface area contributed by atoms with Gasteiger partial charge in [0, 0.05) is 6.42 Å². The van der Waals surface area contributed by atoms with Gasteiger partial charge in [-0.3, -0.25) is 9.59 Å². The van der Waals surface area contributed by atoms with Gasteiger partial charge in [-0.15, -0.1) is 0 Å². The molecule has 0 radical (unpaired) electrons. The van der Waals surface area contributed by atoms with E-state index in [1.165, 1.54) is 6.92 Å². The molecule has 0 saturated carbocycles. The van der Waals surface area contributed by atoms with Crippen LogP contribution in [0.3, 0.4) is 0 Å². The highest BCUT2D eigenvalue weighted by Crippen LogP contribution is 2.35. The first-order valence-electron chi connectivity index (χ1n) is 6.86. The van der Waals surface area contributed by atoms with Gasteiger partial charge in [-0.05, 0) is 33.6 Å². The second kappa shape index (κ2) is 7.48. The molecule has 5 nitrogen and oxygen atoms in total. The zero-order valence-corrected chi connectivity index (χ0v) is 12.6. The molecule has 0 bridgehead atoms. The minimum atomic E-state index is -1.47. The molecule has 0 atom stereocenters. The Morgan fingerprint density at radius 1 is 0.947 bits per heavy atom. The van der Waals surface area contributed by atoms with Crippen LogP contribution in [0.1, 0.15) is 53.9 Å². The van der Waals surface area contributed by atoms with Gasteiger partial charge in [-0.2, -0.15) is 0 Å². The molecule has 0 amide bonds. The van der Waals surface area contributed by atoms with Crippen LogP contribution >= 0.6 is 0 Å². The van der Waals surface area contributed by atoms with Crippen molar-refractivity contribution >= 4 is 11.9 Å². The van der Waals surface area contributed by atoms with Crippen molar-refractivity contribution in [1.29, 1.82) is 0 Å².